The summed E-state index contributed by atoms with van der Waals surface area (Å²) in [5, 5.41) is 0.0122. The molecular formula is C31H33F9N2O7. The van der Waals surface area contributed by atoms with Crippen LogP contribution >= 0.6 is 0 Å². The topological polar surface area (TPSA) is 136 Å². The number of rotatable bonds is 14. The van der Waals surface area contributed by atoms with Gasteiger partial charge < -0.3 is 34.8 Å². The third-order valence-corrected chi connectivity index (χ3v) is 7.06. The van der Waals surface area contributed by atoms with Gasteiger partial charge in [-0.1, -0.05) is 0 Å². The maximum atomic E-state index is 14.6. The summed E-state index contributed by atoms with van der Waals surface area (Å²) < 4.78 is 149. The normalized spacial score (nSPS) is 14.0. The summed E-state index contributed by atoms with van der Waals surface area (Å²) in [5.41, 5.74) is 6.92. The van der Waals surface area contributed by atoms with Gasteiger partial charge >= 0.3 is 35.7 Å². The van der Waals surface area contributed by atoms with E-state index in [1.54, 1.807) is 0 Å². The molecule has 3 rings (SSSR count). The average Bonchev–Trinajstić information content (AvgIpc) is 2.95. The van der Waals surface area contributed by atoms with Crippen LogP contribution in [0.15, 0.2) is 51.7 Å². The highest BCUT2D eigenvalue weighted by molar-refractivity contribution is 5.84. The molecule has 272 valence electrons. The lowest BCUT2D eigenvalue weighted by atomic mass is 9.80. The van der Waals surface area contributed by atoms with Crippen LogP contribution in [0.4, 0.5) is 39.5 Å². The number of alkyl halides is 9. The molecule has 0 bridgehead atoms. The van der Waals surface area contributed by atoms with Gasteiger partial charge in [-0.2, -0.15) is 26.3 Å². The van der Waals surface area contributed by atoms with Crippen LogP contribution in [0.3, 0.4) is 0 Å². The number of hydrogen-bond acceptors (Lipinski definition) is 9. The molecule has 0 aliphatic rings. The molecule has 0 saturated carbocycles. The Morgan fingerprint density at radius 2 is 1.41 bits per heavy atom. The van der Waals surface area contributed by atoms with Crippen molar-refractivity contribution in [3.05, 3.63) is 52.9 Å². The van der Waals surface area contributed by atoms with Crippen molar-refractivity contribution in [1.82, 2.24) is 0 Å². The van der Waals surface area contributed by atoms with Crippen molar-refractivity contribution in [3.8, 4) is 28.4 Å². The lowest BCUT2D eigenvalue weighted by Crippen LogP contribution is -2.59. The minimum absolute atomic E-state index is 0.0122. The summed E-state index contributed by atoms with van der Waals surface area (Å²) >= 11 is 0. The Labute approximate surface area is 273 Å². The van der Waals surface area contributed by atoms with Crippen LogP contribution in [0.5, 0.6) is 17.2 Å². The lowest BCUT2D eigenvalue weighted by Gasteiger charge is -2.35. The van der Waals surface area contributed by atoms with Gasteiger partial charge in [-0.15, -0.1) is 13.2 Å². The average molecular weight is 717 g/mol. The van der Waals surface area contributed by atoms with E-state index >= 15 is 0 Å². The molecule has 0 aliphatic heterocycles. The van der Waals surface area contributed by atoms with Crippen molar-refractivity contribution >= 4 is 16.9 Å². The van der Waals surface area contributed by atoms with E-state index in [9.17, 15) is 49.1 Å². The fourth-order valence-electron chi connectivity index (χ4n) is 4.49. The zero-order valence-electron chi connectivity index (χ0n) is 26.7. The van der Waals surface area contributed by atoms with Gasteiger partial charge in [-0.05, 0) is 64.4 Å². The highest BCUT2D eigenvalue weighted by Crippen LogP contribution is 2.46. The Morgan fingerprint density at radius 1 is 0.816 bits per heavy atom. The predicted octanol–water partition coefficient (Wildman–Crippen LogP) is 6.68. The van der Waals surface area contributed by atoms with Crippen molar-refractivity contribution in [2.45, 2.75) is 69.3 Å². The van der Waals surface area contributed by atoms with Crippen LogP contribution < -0.4 is 31.3 Å². The van der Waals surface area contributed by atoms with Crippen molar-refractivity contribution in [1.29, 1.82) is 0 Å². The number of carbonyl (C=O) groups is 1. The predicted molar refractivity (Wildman–Crippen MR) is 157 cm³/mol. The number of methoxy groups -OCH3 is 1. The first-order chi connectivity index (χ1) is 22.2. The third kappa shape index (κ3) is 9.49. The van der Waals surface area contributed by atoms with Gasteiger partial charge in [-0.3, -0.25) is 4.79 Å². The second-order valence-corrected chi connectivity index (χ2v) is 12.5. The molecule has 1 atom stereocenters. The molecule has 2 aromatic carbocycles. The fourth-order valence-corrected chi connectivity index (χ4v) is 4.49. The van der Waals surface area contributed by atoms with Crippen LogP contribution in [-0.4, -0.2) is 61.5 Å². The molecule has 0 spiro atoms. The van der Waals surface area contributed by atoms with E-state index in [1.807, 2.05) is 0 Å². The molecule has 9 nitrogen and oxygen atoms in total. The van der Waals surface area contributed by atoms with E-state index in [2.05, 4.69) is 14.2 Å². The Kier molecular flexibility index (Phi) is 10.9. The summed E-state index contributed by atoms with van der Waals surface area (Å²) in [6.45, 7) is 0.921. The Morgan fingerprint density at radius 3 is 1.96 bits per heavy atom. The fraction of sp³-hybridized carbons (Fsp3) is 0.484. The number of esters is 1. The number of nitrogens with two attached hydrogens (primary N) is 2. The molecule has 1 unspecified atom stereocenters. The van der Waals surface area contributed by atoms with Gasteiger partial charge in [0, 0.05) is 34.2 Å². The van der Waals surface area contributed by atoms with Crippen LogP contribution in [0.1, 0.15) is 34.1 Å². The first-order valence-corrected chi connectivity index (χ1v) is 14.2. The molecule has 0 aliphatic carbocycles. The van der Waals surface area contributed by atoms with Gasteiger partial charge in [0.15, 0.2) is 13.2 Å². The number of benzene rings is 2. The number of ether oxygens (including phenoxy) is 4. The highest BCUT2D eigenvalue weighted by Gasteiger charge is 2.72. The summed E-state index contributed by atoms with van der Waals surface area (Å²) in [7, 11) is 1.18. The molecule has 1 aromatic heterocycles. The van der Waals surface area contributed by atoms with Crippen molar-refractivity contribution < 1.29 is 67.7 Å². The van der Waals surface area contributed by atoms with Crippen molar-refractivity contribution in [3.63, 3.8) is 0 Å². The maximum absolute atomic E-state index is 14.6. The molecule has 1 heterocycles. The summed E-state index contributed by atoms with van der Waals surface area (Å²) in [6, 6.07) is 7.07. The Hall–Kier alpha value is -4.19. The van der Waals surface area contributed by atoms with Crippen LogP contribution in [0, 0.1) is 5.92 Å². The third-order valence-electron chi connectivity index (χ3n) is 7.06. The lowest BCUT2D eigenvalue weighted by molar-refractivity contribution is -0.322. The first-order valence-electron chi connectivity index (χ1n) is 14.2. The zero-order chi connectivity index (χ0) is 37.4. The number of fused-ring (bicyclic) bond motifs is 1. The first kappa shape index (κ1) is 39.3. The van der Waals surface area contributed by atoms with E-state index in [0.29, 0.717) is 0 Å². The summed E-state index contributed by atoms with van der Waals surface area (Å²) in [5.74, 6) is -21.5. The second-order valence-electron chi connectivity index (χ2n) is 12.5. The van der Waals surface area contributed by atoms with E-state index in [4.69, 9.17) is 20.6 Å². The van der Waals surface area contributed by atoms with Crippen LogP contribution in [-0.2, 0) is 9.53 Å². The van der Waals surface area contributed by atoms with Gasteiger partial charge in [0.25, 0.3) is 0 Å². The highest BCUT2D eigenvalue weighted by atomic mass is 19.4. The largest absolute Gasteiger partial charge is 0.573 e. The van der Waals surface area contributed by atoms with Crippen molar-refractivity contribution in [2.75, 3.05) is 20.3 Å². The molecular weight excluding hydrogens is 683 g/mol. The molecule has 0 fully saturated rings. The molecule has 18 heteroatoms. The number of hydrogen-bond donors (Lipinski definition) is 2. The van der Waals surface area contributed by atoms with Gasteiger partial charge in [-0.25, -0.2) is 4.79 Å². The monoisotopic (exact) mass is 716 g/mol. The molecule has 0 amide bonds. The van der Waals surface area contributed by atoms with E-state index < -0.39 is 83.0 Å². The Bertz CT molecular complexity index is 1710. The minimum Gasteiger partial charge on any atom is -0.497 e. The SMILES string of the molecule is COc1ccc(-c2cc3ccc(OCC(F)(F)C(F)(F)C(F)(F)COC(=O)C(CC(C)(C)N)C(C)(C)N)cc3oc2=O)c(OC(F)(F)F)c1. The number of carbonyl (C=O) groups excluding carboxylic acids is 1. The molecule has 49 heavy (non-hydrogen) atoms. The Balaban J connectivity index is 1.80. The summed E-state index contributed by atoms with van der Waals surface area (Å²) in [6.07, 6.45) is -5.35. The second kappa shape index (κ2) is 13.6. The smallest absolute Gasteiger partial charge is 0.497 e. The van der Waals surface area contributed by atoms with Gasteiger partial charge in [0.2, 0.25) is 0 Å². The van der Waals surface area contributed by atoms with Gasteiger partial charge in [0.1, 0.15) is 22.8 Å². The van der Waals surface area contributed by atoms with Crippen LogP contribution in [0.2, 0.25) is 0 Å². The van der Waals surface area contributed by atoms with Crippen molar-refractivity contribution in [2.24, 2.45) is 17.4 Å². The molecule has 3 aromatic rings. The molecule has 0 saturated heterocycles. The summed E-state index contributed by atoms with van der Waals surface area (Å²) in [4.78, 5) is 25.2. The van der Waals surface area contributed by atoms with Crippen LogP contribution in [0.25, 0.3) is 22.1 Å². The zero-order valence-corrected chi connectivity index (χ0v) is 26.7. The molecule has 4 N–H and O–H groups in total. The maximum Gasteiger partial charge on any atom is 0.573 e. The van der Waals surface area contributed by atoms with E-state index in [1.165, 1.54) is 40.9 Å². The van der Waals surface area contributed by atoms with Gasteiger partial charge in [0.05, 0.1) is 18.6 Å². The molecule has 0 radical (unpaired) electrons. The number of halogens is 9. The minimum atomic E-state index is -6.10. The van der Waals surface area contributed by atoms with E-state index in [0.717, 1.165) is 36.4 Å². The van der Waals surface area contributed by atoms with E-state index in [-0.39, 0.29) is 28.7 Å². The standard InChI is InChI=1S/C31H33F9N2O7/c1-26(2,41)13-21(27(3,4)42)25(44)47-15-29(34,35)30(36,37)28(32,33)14-46-18-7-6-16-10-20(24(43)48-22(16)12-18)19-9-8-17(45-5)11-23(19)49-31(38,39)40/h6-12,21H,13-15,41-42H2,1-5H3. The quantitative estimate of drug-likeness (QED) is 0.106.